The van der Waals surface area contributed by atoms with Crippen LogP contribution in [0.15, 0.2) is 48.5 Å². The van der Waals surface area contributed by atoms with Gasteiger partial charge in [0.2, 0.25) is 6.29 Å². The van der Waals surface area contributed by atoms with E-state index >= 15 is 0 Å². The van der Waals surface area contributed by atoms with Crippen molar-refractivity contribution in [3.8, 4) is 0 Å². The molecule has 352 valence electrons. The van der Waals surface area contributed by atoms with Crippen molar-refractivity contribution in [2.24, 2.45) is 10.8 Å². The number of carboxylic acids is 1. The number of carbonyl (C=O) groups excluding carboxylic acids is 5. The molecule has 2 aromatic rings. The van der Waals surface area contributed by atoms with Gasteiger partial charge in [-0.15, -0.1) is 0 Å². The van der Waals surface area contributed by atoms with Crippen LogP contribution in [0.1, 0.15) is 118 Å². The summed E-state index contributed by atoms with van der Waals surface area (Å²) < 4.78 is 25.7. The van der Waals surface area contributed by atoms with Crippen molar-refractivity contribution >= 4 is 70.5 Å². The molecule has 17 heteroatoms. The first-order chi connectivity index (χ1) is 28.7. The first-order valence-corrected chi connectivity index (χ1v) is 21.6. The Morgan fingerprint density at radius 3 is 1.41 bits per heavy atom. The molecule has 2 saturated heterocycles. The molecule has 0 bridgehead atoms. The van der Waals surface area contributed by atoms with Gasteiger partial charge < -0.3 is 28.8 Å². The predicted octanol–water partition coefficient (Wildman–Crippen LogP) is 10.2. The average molecular weight is 944 g/mol. The second-order valence-electron chi connectivity index (χ2n) is 16.8. The van der Waals surface area contributed by atoms with Crippen LogP contribution in [0.3, 0.4) is 0 Å². The van der Waals surface area contributed by atoms with Crippen molar-refractivity contribution < 1.29 is 57.6 Å². The minimum atomic E-state index is -1.20. The number of likely N-dealkylation sites (N-methyl/N-ethyl adjacent to an activating group) is 2. The van der Waals surface area contributed by atoms with E-state index in [1.165, 1.54) is 23.8 Å². The second-order valence-corrected chi connectivity index (χ2v) is 18.2. The number of alkyl halides is 1. The summed E-state index contributed by atoms with van der Waals surface area (Å²) in [4.78, 5) is 76.0. The van der Waals surface area contributed by atoms with Crippen molar-refractivity contribution in [3.05, 3.63) is 69.7 Å². The number of amides is 2. The van der Waals surface area contributed by atoms with Crippen LogP contribution in [0.2, 0.25) is 10.0 Å². The fourth-order valence-corrected chi connectivity index (χ4v) is 8.74. The van der Waals surface area contributed by atoms with E-state index in [1.54, 1.807) is 56.4 Å². The molecular weight excluding hydrogens is 879 g/mol. The zero-order valence-corrected chi connectivity index (χ0v) is 37.9. The number of hydrogen-bond donors (Lipinski definition) is 1. The van der Waals surface area contributed by atoms with Crippen molar-refractivity contribution in [1.29, 1.82) is 0 Å². The highest BCUT2D eigenvalue weighted by atomic mass is 35.5. The van der Waals surface area contributed by atoms with E-state index in [-0.39, 0.29) is 50.1 Å². The summed E-state index contributed by atoms with van der Waals surface area (Å²) in [6.45, 7) is 9.09. The summed E-state index contributed by atoms with van der Waals surface area (Å²) in [7, 11) is 3.09. The quantitative estimate of drug-likeness (QED) is 0.128. The van der Waals surface area contributed by atoms with Crippen LogP contribution in [-0.4, -0.2) is 103 Å². The molecule has 2 amide bonds. The van der Waals surface area contributed by atoms with Crippen LogP contribution in [0, 0.1) is 10.8 Å². The van der Waals surface area contributed by atoms with Gasteiger partial charge in [0.05, 0.1) is 39.3 Å². The van der Waals surface area contributed by atoms with Crippen molar-refractivity contribution in [1.82, 2.24) is 9.80 Å². The van der Waals surface area contributed by atoms with Gasteiger partial charge in [0.25, 0.3) is 0 Å². The number of benzene rings is 2. The summed E-state index contributed by atoms with van der Waals surface area (Å²) in [5.74, 6) is -1.29. The summed E-state index contributed by atoms with van der Waals surface area (Å²) in [6.07, 6.45) is 2.91. The summed E-state index contributed by atoms with van der Waals surface area (Å²) in [5.41, 5.74) is -2.14. The number of nitrogens with zero attached hydrogens (tertiary/aromatic N) is 2. The molecule has 2 aliphatic heterocycles. The number of carbonyl (C=O) groups is 6. The lowest BCUT2D eigenvalue weighted by Crippen LogP contribution is -2.54. The standard InChI is InChI=1S/C22H28ClNO6.C16H19Cl2NO3.C6H10O3.2CH4/c1-15(29-19(26)12-21(2)13-28-14-21)30-20(27)24(3)22(11-7-6-10-18(22)25)16-8-4-5-9-17(16)23;1-11(17)22-15(21)19(2)16(10-6-5-9-14(16)20)12-7-3-4-8-13(12)18;1-6(2-5(7)8)3-9-4-6;;/h4-5,8-9,15H,6-7,10-14H2,1-3H3;3-4,7-8,11H,5-6,9-10H2,1-2H3;2-4H2,1H3,(H,7,8);2*1H4/t15?,22-;11?,16-;;;/m00.../s1. The molecule has 0 aromatic heterocycles. The van der Waals surface area contributed by atoms with E-state index < -0.39 is 47.1 Å². The van der Waals surface area contributed by atoms with Crippen molar-refractivity contribution in [3.63, 3.8) is 0 Å². The molecule has 4 aliphatic rings. The third-order valence-corrected chi connectivity index (χ3v) is 12.2. The average Bonchev–Trinajstić information content (AvgIpc) is 3.17. The molecule has 2 saturated carbocycles. The zero-order valence-electron chi connectivity index (χ0n) is 35.6. The molecule has 14 nitrogen and oxygen atoms in total. The fraction of sp³-hybridized carbons (Fsp3) is 0.609. The van der Waals surface area contributed by atoms with E-state index in [1.807, 2.05) is 19.9 Å². The molecule has 0 spiro atoms. The van der Waals surface area contributed by atoms with Gasteiger partial charge in [-0.3, -0.25) is 29.0 Å². The summed E-state index contributed by atoms with van der Waals surface area (Å²) in [6, 6.07) is 14.2. The van der Waals surface area contributed by atoms with Gasteiger partial charge in [0, 0.05) is 65.9 Å². The van der Waals surface area contributed by atoms with E-state index in [0.717, 1.165) is 25.7 Å². The number of ether oxygens (including phenoxy) is 5. The number of aliphatic carboxylic acids is 1. The molecule has 6 rings (SSSR count). The Kier molecular flexibility index (Phi) is 20.9. The van der Waals surface area contributed by atoms with Gasteiger partial charge in [0.1, 0.15) is 11.1 Å². The SMILES string of the molecule is C.C.CC(Cl)OC(=O)N(C)[C@]1(c2ccccc2Cl)CCCCC1=O.CC(OC(=O)CC1(C)COC1)OC(=O)N(C)[C@]1(c2ccccc2Cl)CCCCC1=O.CC1(CC(=O)O)COC1. The number of ketones is 2. The van der Waals surface area contributed by atoms with Crippen LogP contribution in [0.4, 0.5) is 9.59 Å². The largest absolute Gasteiger partial charge is 0.481 e. The summed E-state index contributed by atoms with van der Waals surface area (Å²) in [5, 5.41) is 9.25. The lowest BCUT2D eigenvalue weighted by Gasteiger charge is -2.43. The number of rotatable bonds is 11. The Morgan fingerprint density at radius 2 is 1.08 bits per heavy atom. The lowest BCUT2D eigenvalue weighted by molar-refractivity contribution is -0.179. The highest BCUT2D eigenvalue weighted by Crippen LogP contribution is 2.44. The minimum Gasteiger partial charge on any atom is -0.481 e. The number of carboxylic acid groups (broad SMARTS) is 1. The van der Waals surface area contributed by atoms with Crippen LogP contribution in [0.25, 0.3) is 0 Å². The van der Waals surface area contributed by atoms with Crippen molar-refractivity contribution in [2.45, 2.75) is 130 Å². The Hall–Kier alpha value is -3.95. The number of hydrogen-bond acceptors (Lipinski definition) is 11. The third kappa shape index (κ3) is 13.5. The zero-order chi connectivity index (χ0) is 45.2. The van der Waals surface area contributed by atoms with Crippen LogP contribution >= 0.6 is 34.8 Å². The molecule has 4 fully saturated rings. The maximum Gasteiger partial charge on any atom is 0.413 e. The Balaban J connectivity index is 0.000000362. The monoisotopic (exact) mass is 942 g/mol. The summed E-state index contributed by atoms with van der Waals surface area (Å²) >= 11 is 18.4. The molecule has 2 heterocycles. The molecule has 2 aromatic carbocycles. The van der Waals surface area contributed by atoms with Crippen LogP contribution in [0.5, 0.6) is 0 Å². The third-order valence-electron chi connectivity index (χ3n) is 11.4. The molecule has 4 atom stereocenters. The number of halogens is 3. The van der Waals surface area contributed by atoms with Crippen LogP contribution in [-0.2, 0) is 53.9 Å². The highest BCUT2D eigenvalue weighted by molar-refractivity contribution is 6.32. The molecule has 63 heavy (non-hydrogen) atoms. The first kappa shape index (κ1) is 55.2. The lowest BCUT2D eigenvalue weighted by atomic mass is 9.74. The predicted molar refractivity (Wildman–Crippen MR) is 241 cm³/mol. The van der Waals surface area contributed by atoms with Gasteiger partial charge in [-0.1, -0.05) is 99.9 Å². The number of Topliss-reactive ketones (excluding diaryl/α,β-unsaturated/α-hetero) is 2. The maximum atomic E-state index is 13.1. The topological polar surface area (TPSA) is 175 Å². The Labute approximate surface area is 387 Å². The second kappa shape index (κ2) is 23.8. The Morgan fingerprint density at radius 1 is 0.683 bits per heavy atom. The van der Waals surface area contributed by atoms with Gasteiger partial charge in [0.15, 0.2) is 17.1 Å². The molecule has 1 N–H and O–H groups in total. The highest BCUT2D eigenvalue weighted by Gasteiger charge is 2.50. The van der Waals surface area contributed by atoms with E-state index in [0.29, 0.717) is 73.3 Å². The smallest absolute Gasteiger partial charge is 0.413 e. The molecule has 2 unspecified atom stereocenters. The van der Waals surface area contributed by atoms with Gasteiger partial charge in [-0.25, -0.2) is 9.59 Å². The maximum absolute atomic E-state index is 13.1. The molecular formula is C46H65Cl3N2O12. The molecule has 2 aliphatic carbocycles. The van der Waals surface area contributed by atoms with E-state index in [4.69, 9.17) is 63.6 Å². The first-order valence-electron chi connectivity index (χ1n) is 20.4. The Bertz CT molecular complexity index is 1900. The van der Waals surface area contributed by atoms with Gasteiger partial charge >= 0.3 is 24.1 Å². The normalized spacial score (nSPS) is 22.6. The van der Waals surface area contributed by atoms with Crippen molar-refractivity contribution in [2.75, 3.05) is 40.5 Å². The van der Waals surface area contributed by atoms with E-state index in [2.05, 4.69) is 0 Å². The fourth-order valence-electron chi connectivity index (χ4n) is 8.08. The molecule has 0 radical (unpaired) electrons. The number of esters is 1. The van der Waals surface area contributed by atoms with E-state index in [9.17, 15) is 28.8 Å². The van der Waals surface area contributed by atoms with Gasteiger partial charge in [-0.05, 0) is 57.6 Å². The van der Waals surface area contributed by atoms with Gasteiger partial charge in [-0.2, -0.15) is 0 Å². The minimum absolute atomic E-state index is 0. The van der Waals surface area contributed by atoms with Crippen LogP contribution < -0.4 is 0 Å².